The number of rotatable bonds is 4. The van der Waals surface area contributed by atoms with Crippen molar-refractivity contribution in [3.63, 3.8) is 0 Å². The van der Waals surface area contributed by atoms with Gasteiger partial charge in [-0.15, -0.1) is 0 Å². The van der Waals surface area contributed by atoms with Crippen molar-refractivity contribution in [2.45, 2.75) is 19.8 Å². The third-order valence-electron chi connectivity index (χ3n) is 2.99. The quantitative estimate of drug-likeness (QED) is 0.632. The number of nitrogens with one attached hydrogen (secondary N) is 1. The Balaban J connectivity index is 2.45. The van der Waals surface area contributed by atoms with E-state index in [0.29, 0.717) is 17.2 Å². The highest BCUT2D eigenvalue weighted by Gasteiger charge is 2.12. The van der Waals surface area contributed by atoms with Crippen LogP contribution in [-0.4, -0.2) is 5.84 Å². The molecule has 0 saturated carbocycles. The number of amidine groups is 1. The van der Waals surface area contributed by atoms with Crippen LogP contribution in [0.15, 0.2) is 46.9 Å². The highest BCUT2D eigenvalue weighted by atomic mass is 79.9. The largest absolute Gasteiger partial charge is 0.456 e. The van der Waals surface area contributed by atoms with Gasteiger partial charge in [0.15, 0.2) is 0 Å². The van der Waals surface area contributed by atoms with E-state index in [9.17, 15) is 0 Å². The summed E-state index contributed by atoms with van der Waals surface area (Å²) in [5.41, 5.74) is 7.32. The molecule has 0 fully saturated rings. The zero-order chi connectivity index (χ0) is 14.7. The molecule has 2 aromatic carbocycles. The molecule has 0 aliphatic heterocycles. The van der Waals surface area contributed by atoms with E-state index in [1.807, 2.05) is 36.4 Å². The molecule has 0 spiro atoms. The zero-order valence-corrected chi connectivity index (χ0v) is 13.1. The molecule has 0 amide bonds. The van der Waals surface area contributed by atoms with Crippen LogP contribution in [-0.2, 0) is 0 Å². The summed E-state index contributed by atoms with van der Waals surface area (Å²) in [7, 11) is 0. The smallest absolute Gasteiger partial charge is 0.139 e. The maximum absolute atomic E-state index is 7.63. The lowest BCUT2D eigenvalue weighted by molar-refractivity contribution is 0.471. The van der Waals surface area contributed by atoms with E-state index >= 15 is 0 Å². The van der Waals surface area contributed by atoms with Crippen LogP contribution < -0.4 is 10.5 Å². The molecule has 2 rings (SSSR count). The monoisotopic (exact) mass is 332 g/mol. The first-order valence-corrected chi connectivity index (χ1v) is 7.19. The van der Waals surface area contributed by atoms with Crippen molar-refractivity contribution in [2.24, 2.45) is 5.73 Å². The highest BCUT2D eigenvalue weighted by molar-refractivity contribution is 9.10. The van der Waals surface area contributed by atoms with Gasteiger partial charge in [-0.25, -0.2) is 0 Å². The Morgan fingerprint density at radius 3 is 2.50 bits per heavy atom. The normalized spacial score (nSPS) is 10.6. The fourth-order valence-corrected chi connectivity index (χ4v) is 2.31. The van der Waals surface area contributed by atoms with Crippen LogP contribution in [0.25, 0.3) is 0 Å². The van der Waals surface area contributed by atoms with Gasteiger partial charge < -0.3 is 10.5 Å². The van der Waals surface area contributed by atoms with E-state index in [0.717, 1.165) is 15.8 Å². The maximum atomic E-state index is 7.63. The molecular weight excluding hydrogens is 316 g/mol. The molecule has 0 heterocycles. The van der Waals surface area contributed by atoms with Crippen molar-refractivity contribution in [1.29, 1.82) is 5.41 Å². The lowest BCUT2D eigenvalue weighted by Crippen LogP contribution is -2.12. The van der Waals surface area contributed by atoms with Crippen LogP contribution in [0.5, 0.6) is 11.5 Å². The summed E-state index contributed by atoms with van der Waals surface area (Å²) in [6.45, 7) is 4.24. The van der Waals surface area contributed by atoms with Crippen molar-refractivity contribution in [3.8, 4) is 11.5 Å². The van der Waals surface area contributed by atoms with E-state index in [1.165, 1.54) is 0 Å². The average Bonchev–Trinajstić information content (AvgIpc) is 2.38. The summed E-state index contributed by atoms with van der Waals surface area (Å²) in [6.07, 6.45) is 0. The van der Waals surface area contributed by atoms with Crippen molar-refractivity contribution in [3.05, 3.63) is 58.1 Å². The molecule has 0 bridgehead atoms. The summed E-state index contributed by atoms with van der Waals surface area (Å²) in [5, 5.41) is 7.63. The number of ether oxygens (including phenoxy) is 1. The lowest BCUT2D eigenvalue weighted by atomic mass is 10.0. The molecule has 0 atom stereocenters. The fourth-order valence-electron chi connectivity index (χ4n) is 1.97. The minimum Gasteiger partial charge on any atom is -0.456 e. The second-order valence-corrected chi connectivity index (χ2v) is 5.76. The van der Waals surface area contributed by atoms with Crippen molar-refractivity contribution in [1.82, 2.24) is 0 Å². The zero-order valence-electron chi connectivity index (χ0n) is 11.5. The van der Waals surface area contributed by atoms with E-state index in [2.05, 4.69) is 29.8 Å². The highest BCUT2D eigenvalue weighted by Crippen LogP contribution is 2.33. The molecule has 4 heteroatoms. The molecule has 0 aliphatic carbocycles. The molecule has 0 aliphatic rings. The van der Waals surface area contributed by atoms with Crippen molar-refractivity contribution in [2.75, 3.05) is 0 Å². The molecule has 0 saturated heterocycles. The Hall–Kier alpha value is -1.81. The Morgan fingerprint density at radius 2 is 1.85 bits per heavy atom. The molecule has 0 radical (unpaired) electrons. The predicted octanol–water partition coefficient (Wildman–Crippen LogP) is 4.65. The third-order valence-corrected chi connectivity index (χ3v) is 3.49. The SMILES string of the molecule is CC(C)c1ccccc1Oc1cc(Br)ccc1C(=N)N. The lowest BCUT2D eigenvalue weighted by Gasteiger charge is -2.15. The van der Waals surface area contributed by atoms with Crippen LogP contribution in [0.2, 0.25) is 0 Å². The first-order valence-electron chi connectivity index (χ1n) is 6.39. The summed E-state index contributed by atoms with van der Waals surface area (Å²) in [5.74, 6) is 1.73. The van der Waals surface area contributed by atoms with Crippen LogP contribution in [0, 0.1) is 5.41 Å². The molecule has 104 valence electrons. The number of hydrogen-bond acceptors (Lipinski definition) is 2. The van der Waals surface area contributed by atoms with E-state index in [1.54, 1.807) is 6.07 Å². The summed E-state index contributed by atoms with van der Waals surface area (Å²) in [6, 6.07) is 13.4. The summed E-state index contributed by atoms with van der Waals surface area (Å²) in [4.78, 5) is 0. The Kier molecular flexibility index (Phi) is 4.45. The van der Waals surface area contributed by atoms with Crippen molar-refractivity contribution < 1.29 is 4.74 Å². The Labute approximate surface area is 127 Å². The standard InChI is InChI=1S/C16H17BrN2O/c1-10(2)12-5-3-4-6-14(12)20-15-9-11(17)7-8-13(15)16(18)19/h3-10H,1-2H3,(H3,18,19). The van der Waals surface area contributed by atoms with Gasteiger partial charge in [-0.3, -0.25) is 5.41 Å². The van der Waals surface area contributed by atoms with Gasteiger partial charge in [0.2, 0.25) is 0 Å². The number of benzene rings is 2. The van der Waals surface area contributed by atoms with Gasteiger partial charge >= 0.3 is 0 Å². The second kappa shape index (κ2) is 6.09. The predicted molar refractivity (Wildman–Crippen MR) is 85.8 cm³/mol. The number of nitrogen functional groups attached to an aromatic ring is 1. The van der Waals surface area contributed by atoms with E-state index < -0.39 is 0 Å². The number of hydrogen-bond donors (Lipinski definition) is 2. The van der Waals surface area contributed by atoms with Gasteiger partial charge in [-0.1, -0.05) is 48.0 Å². The van der Waals surface area contributed by atoms with Gasteiger partial charge in [0.05, 0.1) is 5.56 Å². The van der Waals surface area contributed by atoms with Gasteiger partial charge in [-0.2, -0.15) is 0 Å². The Bertz CT molecular complexity index is 638. The maximum Gasteiger partial charge on any atom is 0.139 e. The van der Waals surface area contributed by atoms with Gasteiger partial charge in [0.1, 0.15) is 17.3 Å². The molecular formula is C16H17BrN2O. The molecule has 0 unspecified atom stereocenters. The van der Waals surface area contributed by atoms with Crippen LogP contribution in [0.3, 0.4) is 0 Å². The summed E-state index contributed by atoms with van der Waals surface area (Å²) >= 11 is 3.41. The first kappa shape index (κ1) is 14.6. The minimum atomic E-state index is -0.00507. The van der Waals surface area contributed by atoms with E-state index in [4.69, 9.17) is 15.9 Å². The number of nitrogens with two attached hydrogens (primary N) is 1. The van der Waals surface area contributed by atoms with Crippen LogP contribution in [0.4, 0.5) is 0 Å². The molecule has 3 N–H and O–H groups in total. The third kappa shape index (κ3) is 3.20. The first-order chi connectivity index (χ1) is 9.49. The second-order valence-electron chi connectivity index (χ2n) is 4.85. The van der Waals surface area contributed by atoms with Gasteiger partial charge in [0.25, 0.3) is 0 Å². The fraction of sp³-hybridized carbons (Fsp3) is 0.188. The average molecular weight is 333 g/mol. The van der Waals surface area contributed by atoms with Crippen LogP contribution in [0.1, 0.15) is 30.9 Å². The van der Waals surface area contributed by atoms with E-state index in [-0.39, 0.29) is 5.84 Å². The number of para-hydroxylation sites is 1. The van der Waals surface area contributed by atoms with Crippen LogP contribution >= 0.6 is 15.9 Å². The minimum absolute atomic E-state index is 0.00507. The molecule has 20 heavy (non-hydrogen) atoms. The van der Waals surface area contributed by atoms with Gasteiger partial charge in [-0.05, 0) is 35.7 Å². The topological polar surface area (TPSA) is 59.1 Å². The molecule has 3 nitrogen and oxygen atoms in total. The Morgan fingerprint density at radius 1 is 1.15 bits per heavy atom. The number of halogens is 1. The molecule has 2 aromatic rings. The molecule has 0 aromatic heterocycles. The van der Waals surface area contributed by atoms with Crippen molar-refractivity contribution >= 4 is 21.8 Å². The van der Waals surface area contributed by atoms with Gasteiger partial charge in [0, 0.05) is 4.47 Å². The summed E-state index contributed by atoms with van der Waals surface area (Å²) < 4.78 is 6.88.